The third kappa shape index (κ3) is 3.78. The Morgan fingerprint density at radius 2 is 1.58 bits per heavy atom. The summed E-state index contributed by atoms with van der Waals surface area (Å²) in [5.74, 6) is 0.245. The molecule has 1 aliphatic rings. The van der Waals surface area contributed by atoms with Crippen LogP contribution in [-0.2, 0) is 10.0 Å². The molecule has 0 saturated heterocycles. The van der Waals surface area contributed by atoms with Gasteiger partial charge in [-0.1, -0.05) is 47.7 Å². The number of carbonyl (C=O) groups excluding carboxylic acids is 1. The lowest BCUT2D eigenvalue weighted by molar-refractivity contribution is 0.102. The van der Waals surface area contributed by atoms with Crippen LogP contribution in [0.15, 0.2) is 89.8 Å². The molecular formula is C27H19N3O4S2. The van der Waals surface area contributed by atoms with Crippen LogP contribution in [0.2, 0.25) is 0 Å². The van der Waals surface area contributed by atoms with Crippen molar-refractivity contribution >= 4 is 48.9 Å². The number of carbonyl (C=O) groups is 1. The van der Waals surface area contributed by atoms with E-state index < -0.39 is 10.0 Å². The van der Waals surface area contributed by atoms with Gasteiger partial charge < -0.3 is 4.74 Å². The number of ether oxygens (including phenoxy) is 1. The highest BCUT2D eigenvalue weighted by Crippen LogP contribution is 2.50. The van der Waals surface area contributed by atoms with Crippen LogP contribution < -0.4 is 14.8 Å². The van der Waals surface area contributed by atoms with E-state index in [1.54, 1.807) is 36.4 Å². The summed E-state index contributed by atoms with van der Waals surface area (Å²) in [6.45, 7) is 0. The predicted molar refractivity (Wildman–Crippen MR) is 142 cm³/mol. The number of rotatable bonds is 6. The summed E-state index contributed by atoms with van der Waals surface area (Å²) in [5.41, 5.74) is 3.82. The molecule has 0 atom stereocenters. The van der Waals surface area contributed by atoms with Crippen LogP contribution in [0, 0.1) is 0 Å². The first-order chi connectivity index (χ1) is 17.4. The van der Waals surface area contributed by atoms with E-state index in [2.05, 4.69) is 34.3 Å². The lowest BCUT2D eigenvalue weighted by atomic mass is 10.0. The average molecular weight is 514 g/mol. The second kappa shape index (κ2) is 8.47. The van der Waals surface area contributed by atoms with Crippen molar-refractivity contribution in [2.45, 2.75) is 4.90 Å². The molecule has 178 valence electrons. The van der Waals surface area contributed by atoms with Crippen LogP contribution in [0.3, 0.4) is 0 Å². The number of hydrogen-bond donors (Lipinski definition) is 2. The standard InChI is InChI=1S/C27H19N3O4S2/c1-34-19-12-14-20(15-13-19)36(32,33)30-18-10-8-17(9-11-18)26(31)29-27-28-24-21-6-2-4-16-5-3-7-22(23(16)21)25(24)35-27/h2-15,30H,1H3,(H,28,29,31). The number of nitrogens with one attached hydrogen (secondary N) is 2. The summed E-state index contributed by atoms with van der Waals surface area (Å²) in [6.07, 6.45) is 0. The molecule has 1 heterocycles. The number of benzene rings is 4. The van der Waals surface area contributed by atoms with Gasteiger partial charge in [-0.3, -0.25) is 14.8 Å². The topological polar surface area (TPSA) is 97.4 Å². The third-order valence-corrected chi connectivity index (χ3v) is 8.42. The maximum Gasteiger partial charge on any atom is 0.261 e. The van der Waals surface area contributed by atoms with Crippen molar-refractivity contribution in [3.05, 3.63) is 90.5 Å². The van der Waals surface area contributed by atoms with Gasteiger partial charge in [0, 0.05) is 22.4 Å². The lowest BCUT2D eigenvalue weighted by Gasteiger charge is -2.09. The van der Waals surface area contributed by atoms with Gasteiger partial charge in [-0.25, -0.2) is 13.4 Å². The Balaban J connectivity index is 1.18. The zero-order valence-corrected chi connectivity index (χ0v) is 20.6. The van der Waals surface area contributed by atoms with Gasteiger partial charge >= 0.3 is 0 Å². The molecule has 9 heteroatoms. The van der Waals surface area contributed by atoms with E-state index >= 15 is 0 Å². The van der Waals surface area contributed by atoms with E-state index in [0.29, 0.717) is 22.1 Å². The Bertz CT molecular complexity index is 1690. The van der Waals surface area contributed by atoms with Crippen LogP contribution >= 0.6 is 11.3 Å². The summed E-state index contributed by atoms with van der Waals surface area (Å²) in [6, 6.07) is 24.7. The number of amides is 1. The highest BCUT2D eigenvalue weighted by molar-refractivity contribution is 7.92. The first-order valence-corrected chi connectivity index (χ1v) is 13.3. The van der Waals surface area contributed by atoms with E-state index in [1.165, 1.54) is 41.4 Å². The van der Waals surface area contributed by atoms with E-state index in [4.69, 9.17) is 9.72 Å². The maximum atomic E-state index is 12.9. The minimum atomic E-state index is -3.77. The molecule has 36 heavy (non-hydrogen) atoms. The smallest absolute Gasteiger partial charge is 0.261 e. The highest BCUT2D eigenvalue weighted by Gasteiger charge is 2.26. The average Bonchev–Trinajstić information content (AvgIpc) is 3.43. The fourth-order valence-corrected chi connectivity index (χ4v) is 6.36. The van der Waals surface area contributed by atoms with Crippen LogP contribution in [-0.4, -0.2) is 26.4 Å². The molecule has 1 aromatic heterocycles. The molecule has 0 saturated carbocycles. The molecule has 1 amide bonds. The predicted octanol–water partition coefficient (Wildman–Crippen LogP) is 6.01. The van der Waals surface area contributed by atoms with Crippen molar-refractivity contribution in [2.24, 2.45) is 0 Å². The molecule has 2 N–H and O–H groups in total. The Kier molecular flexibility index (Phi) is 5.24. The molecule has 0 fully saturated rings. The zero-order chi connectivity index (χ0) is 24.9. The second-order valence-electron chi connectivity index (χ2n) is 8.22. The quantitative estimate of drug-likeness (QED) is 0.284. The minimum Gasteiger partial charge on any atom is -0.497 e. The molecule has 1 aliphatic carbocycles. The SMILES string of the molecule is COc1ccc(S(=O)(=O)Nc2ccc(C(=O)Nc3nc4c(s3)-c3cccc5cccc-4c35)cc2)cc1. The van der Waals surface area contributed by atoms with Gasteiger partial charge in [0.1, 0.15) is 5.75 Å². The number of nitrogens with zero attached hydrogens (tertiary/aromatic N) is 1. The minimum absolute atomic E-state index is 0.110. The van der Waals surface area contributed by atoms with E-state index in [9.17, 15) is 13.2 Å². The van der Waals surface area contributed by atoms with Crippen molar-refractivity contribution < 1.29 is 17.9 Å². The molecule has 5 aromatic rings. The number of thiazole rings is 1. The summed E-state index contributed by atoms with van der Waals surface area (Å²) in [7, 11) is -2.26. The van der Waals surface area contributed by atoms with Gasteiger partial charge in [0.25, 0.3) is 15.9 Å². The van der Waals surface area contributed by atoms with Crippen LogP contribution in [0.4, 0.5) is 10.8 Å². The molecule has 0 unspecified atom stereocenters. The van der Waals surface area contributed by atoms with Gasteiger partial charge in [-0.2, -0.15) is 0 Å². The molecule has 7 nitrogen and oxygen atoms in total. The van der Waals surface area contributed by atoms with Crippen molar-refractivity contribution in [1.29, 1.82) is 0 Å². The number of methoxy groups -OCH3 is 1. The number of hydrogen-bond acceptors (Lipinski definition) is 6. The van der Waals surface area contributed by atoms with E-state index in [-0.39, 0.29) is 10.8 Å². The van der Waals surface area contributed by atoms with Crippen LogP contribution in [0.1, 0.15) is 10.4 Å². The van der Waals surface area contributed by atoms with Crippen LogP contribution in [0.25, 0.3) is 32.5 Å². The molecule has 0 bridgehead atoms. The maximum absolute atomic E-state index is 12.9. The van der Waals surface area contributed by atoms with Gasteiger partial charge in [-0.05, 0) is 59.3 Å². The number of aromatic nitrogens is 1. The van der Waals surface area contributed by atoms with Gasteiger partial charge in [0.2, 0.25) is 0 Å². The van der Waals surface area contributed by atoms with Gasteiger partial charge in [0.05, 0.1) is 22.6 Å². The largest absolute Gasteiger partial charge is 0.497 e. The summed E-state index contributed by atoms with van der Waals surface area (Å²) < 4.78 is 32.9. The van der Waals surface area contributed by atoms with Crippen LogP contribution in [0.5, 0.6) is 5.75 Å². The fourth-order valence-electron chi connectivity index (χ4n) is 4.29. The Morgan fingerprint density at radius 1 is 0.889 bits per heavy atom. The van der Waals surface area contributed by atoms with Crippen molar-refractivity contribution in [1.82, 2.24) is 4.98 Å². The molecule has 0 aliphatic heterocycles. The Morgan fingerprint density at radius 3 is 2.28 bits per heavy atom. The first kappa shape index (κ1) is 22.3. The second-order valence-corrected chi connectivity index (χ2v) is 10.9. The normalized spacial score (nSPS) is 11.8. The molecular weight excluding hydrogens is 494 g/mol. The summed E-state index contributed by atoms with van der Waals surface area (Å²) >= 11 is 1.44. The Labute approximate surface area is 211 Å². The van der Waals surface area contributed by atoms with Gasteiger partial charge in [-0.15, -0.1) is 0 Å². The highest BCUT2D eigenvalue weighted by atomic mass is 32.2. The van der Waals surface area contributed by atoms with Crippen molar-refractivity contribution in [3.63, 3.8) is 0 Å². The number of anilines is 2. The Hall–Kier alpha value is -4.21. The van der Waals surface area contributed by atoms with Crippen molar-refractivity contribution in [3.8, 4) is 27.4 Å². The number of sulfonamides is 1. The molecule has 4 aromatic carbocycles. The fraction of sp³-hybridized carbons (Fsp3) is 0.0370. The lowest BCUT2D eigenvalue weighted by Crippen LogP contribution is -2.14. The summed E-state index contributed by atoms with van der Waals surface area (Å²) in [5, 5.41) is 5.75. The third-order valence-electron chi connectivity index (χ3n) is 6.02. The number of fused-ring (bicyclic) bond motifs is 3. The van der Waals surface area contributed by atoms with E-state index in [0.717, 1.165) is 21.7 Å². The monoisotopic (exact) mass is 513 g/mol. The van der Waals surface area contributed by atoms with E-state index in [1.807, 2.05) is 12.1 Å². The summed E-state index contributed by atoms with van der Waals surface area (Å²) in [4.78, 5) is 18.7. The molecule has 6 rings (SSSR count). The zero-order valence-electron chi connectivity index (χ0n) is 19.0. The van der Waals surface area contributed by atoms with Gasteiger partial charge in [0.15, 0.2) is 5.13 Å². The molecule has 0 radical (unpaired) electrons. The van der Waals surface area contributed by atoms with Crippen molar-refractivity contribution in [2.75, 3.05) is 17.1 Å². The first-order valence-electron chi connectivity index (χ1n) is 11.0. The molecule has 0 spiro atoms.